The summed E-state index contributed by atoms with van der Waals surface area (Å²) in [5.41, 5.74) is 2.15. The van der Waals surface area contributed by atoms with Gasteiger partial charge in [0.2, 0.25) is 5.91 Å². The van der Waals surface area contributed by atoms with Gasteiger partial charge in [0.25, 0.3) is 5.91 Å². The minimum atomic E-state index is -4.56. The van der Waals surface area contributed by atoms with Gasteiger partial charge in [-0.1, -0.05) is 12.1 Å². The minimum absolute atomic E-state index is 0.188. The molecule has 178 valence electrons. The molecule has 1 aliphatic rings. The average Bonchev–Trinajstić information content (AvgIpc) is 3.33. The van der Waals surface area contributed by atoms with Gasteiger partial charge in [-0.3, -0.25) is 14.3 Å². The lowest BCUT2D eigenvalue weighted by molar-refractivity contribution is -0.137. The SMILES string of the molecule is Cn1ncc2cc(Nc3cccc4c3C(=O)N(CC(=O)Nc3cc(C(F)(F)F)ccn3)C4)cnc21. The van der Waals surface area contributed by atoms with Crippen LogP contribution in [0.4, 0.5) is 30.4 Å². The molecular weight excluding hydrogens is 463 g/mol. The first kappa shape index (κ1) is 22.3. The number of carbonyl (C=O) groups excluding carboxylic acids is 2. The zero-order valence-electron chi connectivity index (χ0n) is 18.3. The van der Waals surface area contributed by atoms with Crippen LogP contribution in [0.25, 0.3) is 11.0 Å². The predicted molar refractivity (Wildman–Crippen MR) is 121 cm³/mol. The monoisotopic (exact) mass is 481 g/mol. The average molecular weight is 481 g/mol. The number of anilines is 3. The molecule has 1 aliphatic heterocycles. The van der Waals surface area contributed by atoms with Crippen LogP contribution in [0.1, 0.15) is 21.5 Å². The molecule has 3 aromatic heterocycles. The molecule has 2 N–H and O–H groups in total. The Morgan fingerprint density at radius 2 is 1.97 bits per heavy atom. The van der Waals surface area contributed by atoms with Crippen LogP contribution >= 0.6 is 0 Å². The number of halogens is 3. The summed E-state index contributed by atoms with van der Waals surface area (Å²) in [6.45, 7) is -0.152. The largest absolute Gasteiger partial charge is 0.416 e. The summed E-state index contributed by atoms with van der Waals surface area (Å²) in [5.74, 6) is -1.26. The van der Waals surface area contributed by atoms with Crippen LogP contribution in [0.5, 0.6) is 0 Å². The van der Waals surface area contributed by atoms with Crippen LogP contribution < -0.4 is 10.6 Å². The summed E-state index contributed by atoms with van der Waals surface area (Å²) in [7, 11) is 1.79. The lowest BCUT2D eigenvalue weighted by Crippen LogP contribution is -2.33. The highest BCUT2D eigenvalue weighted by atomic mass is 19.4. The van der Waals surface area contributed by atoms with Gasteiger partial charge < -0.3 is 15.5 Å². The Bertz CT molecular complexity index is 1470. The molecule has 0 unspecified atom stereocenters. The zero-order valence-corrected chi connectivity index (χ0v) is 18.3. The van der Waals surface area contributed by atoms with Gasteiger partial charge in [0.1, 0.15) is 12.4 Å². The molecule has 0 saturated carbocycles. The maximum absolute atomic E-state index is 13.1. The van der Waals surface area contributed by atoms with Crippen LogP contribution in [0, 0.1) is 0 Å². The van der Waals surface area contributed by atoms with Crippen molar-refractivity contribution in [2.75, 3.05) is 17.2 Å². The van der Waals surface area contributed by atoms with Crippen molar-refractivity contribution in [2.45, 2.75) is 12.7 Å². The predicted octanol–water partition coefficient (Wildman–Crippen LogP) is 3.72. The van der Waals surface area contributed by atoms with E-state index >= 15 is 0 Å². The fraction of sp³-hybridized carbons (Fsp3) is 0.174. The van der Waals surface area contributed by atoms with Crippen molar-refractivity contribution in [1.29, 1.82) is 0 Å². The second-order valence-corrected chi connectivity index (χ2v) is 8.01. The maximum Gasteiger partial charge on any atom is 0.416 e. The van der Waals surface area contributed by atoms with Gasteiger partial charge in [0.05, 0.1) is 34.9 Å². The van der Waals surface area contributed by atoms with Crippen molar-refractivity contribution in [3.8, 4) is 0 Å². The Morgan fingerprint density at radius 1 is 1.14 bits per heavy atom. The Balaban J connectivity index is 1.30. The number of aryl methyl sites for hydroxylation is 1. The van der Waals surface area contributed by atoms with Crippen LogP contribution in [0.2, 0.25) is 0 Å². The highest BCUT2D eigenvalue weighted by Crippen LogP contribution is 2.32. The van der Waals surface area contributed by atoms with Crippen molar-refractivity contribution in [1.82, 2.24) is 24.6 Å². The van der Waals surface area contributed by atoms with E-state index in [9.17, 15) is 22.8 Å². The number of hydrogen-bond donors (Lipinski definition) is 2. The van der Waals surface area contributed by atoms with Gasteiger partial charge in [0, 0.05) is 25.2 Å². The van der Waals surface area contributed by atoms with Crippen LogP contribution in [-0.4, -0.2) is 43.0 Å². The van der Waals surface area contributed by atoms with Crippen molar-refractivity contribution >= 4 is 40.0 Å². The lowest BCUT2D eigenvalue weighted by Gasteiger charge is -2.16. The van der Waals surface area contributed by atoms with Gasteiger partial charge in [-0.2, -0.15) is 18.3 Å². The third-order valence-electron chi connectivity index (χ3n) is 5.55. The van der Waals surface area contributed by atoms with E-state index in [0.29, 0.717) is 16.9 Å². The highest BCUT2D eigenvalue weighted by Gasteiger charge is 2.32. The van der Waals surface area contributed by atoms with E-state index in [2.05, 4.69) is 25.7 Å². The molecule has 0 saturated heterocycles. The van der Waals surface area contributed by atoms with Crippen molar-refractivity contribution in [3.63, 3.8) is 0 Å². The third kappa shape index (κ3) is 4.37. The number of pyridine rings is 2. The molecule has 2 amide bonds. The van der Waals surface area contributed by atoms with Gasteiger partial charge in [-0.05, 0) is 29.8 Å². The first-order chi connectivity index (χ1) is 16.7. The van der Waals surface area contributed by atoms with Crippen molar-refractivity contribution in [3.05, 3.63) is 71.7 Å². The zero-order chi connectivity index (χ0) is 24.7. The lowest BCUT2D eigenvalue weighted by atomic mass is 10.1. The summed E-state index contributed by atoms with van der Waals surface area (Å²) < 4.78 is 40.4. The van der Waals surface area contributed by atoms with Crippen LogP contribution in [-0.2, 0) is 24.6 Å². The molecule has 0 fully saturated rings. The number of benzene rings is 1. The number of amides is 2. The van der Waals surface area contributed by atoms with E-state index in [1.807, 2.05) is 6.07 Å². The molecular formula is C23H18F3N7O2. The number of hydrogen-bond acceptors (Lipinski definition) is 6. The molecule has 35 heavy (non-hydrogen) atoms. The van der Waals surface area contributed by atoms with E-state index in [1.54, 1.807) is 42.3 Å². The maximum atomic E-state index is 13.1. The van der Waals surface area contributed by atoms with Gasteiger partial charge in [-0.25, -0.2) is 9.97 Å². The fourth-order valence-electron chi connectivity index (χ4n) is 3.95. The number of nitrogens with zero attached hydrogens (tertiary/aromatic N) is 5. The van der Waals surface area contributed by atoms with E-state index < -0.39 is 17.6 Å². The second-order valence-electron chi connectivity index (χ2n) is 8.01. The summed E-state index contributed by atoms with van der Waals surface area (Å²) in [6, 6.07) is 8.75. The molecule has 1 aromatic carbocycles. The number of rotatable bonds is 5. The van der Waals surface area contributed by atoms with Crippen LogP contribution in [0.15, 0.2) is 55.0 Å². The quantitative estimate of drug-likeness (QED) is 0.450. The second kappa shape index (κ2) is 8.38. The van der Waals surface area contributed by atoms with Gasteiger partial charge in [-0.15, -0.1) is 0 Å². The van der Waals surface area contributed by atoms with Crippen molar-refractivity contribution < 1.29 is 22.8 Å². The molecule has 0 spiro atoms. The van der Waals surface area contributed by atoms with E-state index in [4.69, 9.17) is 0 Å². The number of carbonyl (C=O) groups is 2. The summed E-state index contributed by atoms with van der Waals surface area (Å²) >= 11 is 0. The molecule has 4 heterocycles. The fourth-order valence-corrected chi connectivity index (χ4v) is 3.95. The smallest absolute Gasteiger partial charge is 0.354 e. The van der Waals surface area contributed by atoms with Gasteiger partial charge >= 0.3 is 6.18 Å². The molecule has 0 atom stereocenters. The molecule has 0 aliphatic carbocycles. The summed E-state index contributed by atoms with van der Waals surface area (Å²) in [5, 5.41) is 10.5. The molecule has 4 aromatic rings. The molecule has 9 nitrogen and oxygen atoms in total. The number of aromatic nitrogens is 4. The molecule has 12 heteroatoms. The summed E-state index contributed by atoms with van der Waals surface area (Å²) in [6.07, 6.45) is -0.274. The van der Waals surface area contributed by atoms with E-state index in [-0.39, 0.29) is 24.8 Å². The summed E-state index contributed by atoms with van der Waals surface area (Å²) in [4.78, 5) is 35.0. The van der Waals surface area contributed by atoms with Gasteiger partial charge in [0.15, 0.2) is 5.65 Å². The Kier molecular flexibility index (Phi) is 5.35. The third-order valence-corrected chi connectivity index (χ3v) is 5.55. The Morgan fingerprint density at radius 3 is 2.77 bits per heavy atom. The van der Waals surface area contributed by atoms with E-state index in [1.165, 1.54) is 4.90 Å². The molecule has 0 radical (unpaired) electrons. The molecule has 5 rings (SSSR count). The first-order valence-electron chi connectivity index (χ1n) is 10.5. The Labute approximate surface area is 196 Å². The van der Waals surface area contributed by atoms with Crippen LogP contribution in [0.3, 0.4) is 0 Å². The minimum Gasteiger partial charge on any atom is -0.354 e. The molecule has 0 bridgehead atoms. The highest BCUT2D eigenvalue weighted by molar-refractivity contribution is 6.06. The Hall–Kier alpha value is -4.48. The van der Waals surface area contributed by atoms with E-state index in [0.717, 1.165) is 34.9 Å². The number of nitrogens with one attached hydrogen (secondary N) is 2. The number of alkyl halides is 3. The topological polar surface area (TPSA) is 105 Å². The number of fused-ring (bicyclic) bond motifs is 2. The first-order valence-corrected chi connectivity index (χ1v) is 10.5. The van der Waals surface area contributed by atoms with Crippen molar-refractivity contribution in [2.24, 2.45) is 7.05 Å². The normalized spacial score (nSPS) is 13.3. The standard InChI is InChI=1S/C23H18F3N7O2/c1-32-21-14(9-29-32)7-16(10-28-21)30-17-4-2-3-13-11-33(22(35)20(13)17)12-19(34)31-18-8-15(5-6-27-18)23(24,25)26/h2-10,30H,11-12H2,1H3,(H,27,31,34).